The molecule has 0 radical (unpaired) electrons. The van der Waals surface area contributed by atoms with Crippen LogP contribution in [0.25, 0.3) is 0 Å². The second-order valence-corrected chi connectivity index (χ2v) is 2.84. The molecule has 0 atom stereocenters. The number of rotatable bonds is 2. The molecule has 0 aromatic rings. The predicted molar refractivity (Wildman–Crippen MR) is 41.6 cm³/mol. The van der Waals surface area contributed by atoms with Gasteiger partial charge in [0.2, 0.25) is 0 Å². The van der Waals surface area contributed by atoms with Crippen molar-refractivity contribution >= 4 is 17.6 Å². The van der Waals surface area contributed by atoms with E-state index in [1.165, 1.54) is 0 Å². The van der Waals surface area contributed by atoms with E-state index >= 15 is 0 Å². The third-order valence-corrected chi connectivity index (χ3v) is 1.78. The lowest BCUT2D eigenvalue weighted by molar-refractivity contribution is 0.505. The minimum atomic E-state index is 0.857. The molecule has 0 spiro atoms. The molecule has 1 aliphatic rings. The summed E-state index contributed by atoms with van der Waals surface area (Å²) < 4.78 is 0. The van der Waals surface area contributed by atoms with Gasteiger partial charge in [-0.05, 0) is 6.26 Å². The zero-order valence-electron chi connectivity index (χ0n) is 5.72. The summed E-state index contributed by atoms with van der Waals surface area (Å²) in [5.74, 6) is 2.14. The van der Waals surface area contributed by atoms with Gasteiger partial charge >= 0.3 is 0 Å². The van der Waals surface area contributed by atoms with E-state index in [-0.39, 0.29) is 0 Å². The lowest BCUT2D eigenvalue weighted by Crippen LogP contribution is -2.25. The van der Waals surface area contributed by atoms with Crippen LogP contribution in [-0.4, -0.2) is 36.5 Å². The minimum Gasteiger partial charge on any atom is -0.342 e. The molecule has 1 aliphatic heterocycles. The lowest BCUT2D eigenvalue weighted by atomic mass is 10.6. The first-order chi connectivity index (χ1) is 4.34. The second kappa shape index (κ2) is 2.96. The Morgan fingerprint density at radius 1 is 1.89 bits per heavy atom. The third-order valence-electron chi connectivity index (χ3n) is 1.23. The Morgan fingerprint density at radius 2 is 2.67 bits per heavy atom. The van der Waals surface area contributed by atoms with Gasteiger partial charge in [-0.25, -0.2) is 0 Å². The van der Waals surface area contributed by atoms with Crippen LogP contribution in [0.4, 0.5) is 0 Å². The van der Waals surface area contributed by atoms with Crippen molar-refractivity contribution in [2.45, 2.75) is 0 Å². The van der Waals surface area contributed by atoms with E-state index in [0.717, 1.165) is 18.3 Å². The van der Waals surface area contributed by atoms with Gasteiger partial charge in [-0.3, -0.25) is 5.43 Å². The van der Waals surface area contributed by atoms with Crippen molar-refractivity contribution in [3.63, 3.8) is 0 Å². The molecule has 0 aliphatic carbocycles. The number of thioether (sulfide) groups is 1. The first-order valence-electron chi connectivity index (χ1n) is 2.84. The Kier molecular flexibility index (Phi) is 2.22. The zero-order valence-corrected chi connectivity index (χ0v) is 6.53. The maximum atomic E-state index is 4.08. The van der Waals surface area contributed by atoms with E-state index in [1.54, 1.807) is 11.8 Å². The Hall–Kier alpha value is -0.380. The maximum Gasteiger partial charge on any atom is 0.136 e. The summed E-state index contributed by atoms with van der Waals surface area (Å²) in [5, 5.41) is 4.08. The van der Waals surface area contributed by atoms with Crippen molar-refractivity contribution in [1.29, 1.82) is 0 Å². The zero-order chi connectivity index (χ0) is 6.69. The number of hydrogen-bond acceptors (Lipinski definition) is 4. The molecule has 52 valence electrons. The average molecular weight is 145 g/mol. The summed E-state index contributed by atoms with van der Waals surface area (Å²) in [5.41, 5.74) is 2.91. The van der Waals surface area contributed by atoms with Gasteiger partial charge in [0.1, 0.15) is 12.5 Å². The molecule has 0 unspecified atom stereocenters. The van der Waals surface area contributed by atoms with Crippen molar-refractivity contribution < 1.29 is 0 Å². The average Bonchev–Trinajstić information content (AvgIpc) is 2.18. The highest BCUT2D eigenvalue weighted by molar-refractivity contribution is 7.99. The molecule has 0 fully saturated rings. The molecule has 0 aromatic carbocycles. The molecule has 4 heteroatoms. The highest BCUT2D eigenvalue weighted by atomic mass is 32.2. The summed E-state index contributed by atoms with van der Waals surface area (Å²) in [6.07, 6.45) is 2.08. The van der Waals surface area contributed by atoms with Crippen LogP contribution >= 0.6 is 11.8 Å². The van der Waals surface area contributed by atoms with Gasteiger partial charge in [0, 0.05) is 7.05 Å². The normalized spacial score (nSPS) is 17.6. The lowest BCUT2D eigenvalue weighted by Gasteiger charge is -2.09. The third kappa shape index (κ3) is 1.51. The first-order valence-corrected chi connectivity index (χ1v) is 4.23. The van der Waals surface area contributed by atoms with E-state index < -0.39 is 0 Å². The quantitative estimate of drug-likeness (QED) is 0.599. The molecule has 0 aromatic heterocycles. The maximum absolute atomic E-state index is 4.08. The van der Waals surface area contributed by atoms with Gasteiger partial charge in [0.15, 0.2) is 0 Å². The van der Waals surface area contributed by atoms with Crippen molar-refractivity contribution in [2.75, 3.05) is 25.7 Å². The largest absolute Gasteiger partial charge is 0.342 e. The molecule has 0 saturated carbocycles. The molecule has 1 heterocycles. The van der Waals surface area contributed by atoms with Gasteiger partial charge < -0.3 is 4.90 Å². The molecule has 1 rings (SSSR count). The van der Waals surface area contributed by atoms with Gasteiger partial charge in [-0.1, -0.05) is 0 Å². The summed E-state index contributed by atoms with van der Waals surface area (Å²) in [7, 11) is 2.04. The highest BCUT2D eigenvalue weighted by Gasteiger charge is 2.09. The van der Waals surface area contributed by atoms with Crippen molar-refractivity contribution in [3.8, 4) is 0 Å². The van der Waals surface area contributed by atoms with Crippen LogP contribution in [0.15, 0.2) is 5.10 Å². The summed E-state index contributed by atoms with van der Waals surface area (Å²) in [4.78, 5) is 2.11. The van der Waals surface area contributed by atoms with Crippen LogP contribution in [0.3, 0.4) is 0 Å². The molecular formula is C5H11N3S. The van der Waals surface area contributed by atoms with E-state index in [4.69, 9.17) is 0 Å². The minimum absolute atomic E-state index is 0.857. The van der Waals surface area contributed by atoms with E-state index in [0.29, 0.717) is 0 Å². The van der Waals surface area contributed by atoms with E-state index in [9.17, 15) is 0 Å². The van der Waals surface area contributed by atoms with Crippen molar-refractivity contribution in [3.05, 3.63) is 0 Å². The van der Waals surface area contributed by atoms with E-state index in [2.05, 4.69) is 21.7 Å². The topological polar surface area (TPSA) is 27.6 Å². The monoisotopic (exact) mass is 145 g/mol. The molecule has 0 saturated heterocycles. The number of hydrazone groups is 1. The molecule has 1 N–H and O–H groups in total. The van der Waals surface area contributed by atoms with Crippen molar-refractivity contribution in [1.82, 2.24) is 10.3 Å². The van der Waals surface area contributed by atoms with Crippen LogP contribution in [0, 0.1) is 0 Å². The van der Waals surface area contributed by atoms with Crippen molar-refractivity contribution in [2.24, 2.45) is 5.10 Å². The standard InChI is InChI=1S/C5H11N3S/c1-8-4-6-7-5(8)3-9-2/h6H,3-4H2,1-2H3. The van der Waals surface area contributed by atoms with Crippen LogP contribution in [-0.2, 0) is 0 Å². The fourth-order valence-corrected chi connectivity index (χ4v) is 1.22. The molecule has 0 amide bonds. The van der Waals surface area contributed by atoms with Gasteiger partial charge in [0.25, 0.3) is 0 Å². The Bertz CT molecular complexity index is 123. The van der Waals surface area contributed by atoms with Gasteiger partial charge in [0.05, 0.1) is 5.75 Å². The second-order valence-electron chi connectivity index (χ2n) is 1.98. The number of hydrogen-bond donors (Lipinski definition) is 1. The smallest absolute Gasteiger partial charge is 0.136 e. The molecule has 3 nitrogen and oxygen atoms in total. The first kappa shape index (κ1) is 6.74. The molecule has 9 heavy (non-hydrogen) atoms. The molecule has 0 bridgehead atoms. The predicted octanol–water partition coefficient (Wildman–Crippen LogP) is 0.155. The van der Waals surface area contributed by atoms with Crippen LogP contribution in [0.5, 0.6) is 0 Å². The fourth-order valence-electron chi connectivity index (χ4n) is 0.681. The number of nitrogens with one attached hydrogen (secondary N) is 1. The Morgan fingerprint density at radius 3 is 3.11 bits per heavy atom. The Labute approximate surface area is 59.5 Å². The number of nitrogens with zero attached hydrogens (tertiary/aromatic N) is 2. The van der Waals surface area contributed by atoms with E-state index in [1.807, 2.05) is 7.05 Å². The van der Waals surface area contributed by atoms with Crippen LogP contribution in [0.2, 0.25) is 0 Å². The van der Waals surface area contributed by atoms with Gasteiger partial charge in [-0.2, -0.15) is 16.9 Å². The number of amidine groups is 1. The van der Waals surface area contributed by atoms with Gasteiger partial charge in [-0.15, -0.1) is 0 Å². The summed E-state index contributed by atoms with van der Waals surface area (Å²) in [6, 6.07) is 0. The summed E-state index contributed by atoms with van der Waals surface area (Å²) >= 11 is 1.79. The molecular weight excluding hydrogens is 134 g/mol. The highest BCUT2D eigenvalue weighted by Crippen LogP contribution is 1.99. The summed E-state index contributed by atoms with van der Waals surface area (Å²) in [6.45, 7) is 0.857. The Balaban J connectivity index is 2.38. The van der Waals surface area contributed by atoms with Crippen LogP contribution in [0.1, 0.15) is 0 Å². The SMILES string of the molecule is CSCC1=NNCN1C. The fraction of sp³-hybridized carbons (Fsp3) is 0.800. The van der Waals surface area contributed by atoms with Crippen LogP contribution < -0.4 is 5.43 Å².